The number of rotatable bonds is 8. The highest BCUT2D eigenvalue weighted by Gasteiger charge is 2.41. The molecule has 8 heteroatoms. The Kier molecular flexibility index (Phi) is 7.17. The zero-order valence-electron chi connectivity index (χ0n) is 18.8. The van der Waals surface area contributed by atoms with Gasteiger partial charge in [-0.05, 0) is 49.4 Å². The van der Waals surface area contributed by atoms with E-state index in [0.29, 0.717) is 38.2 Å². The van der Waals surface area contributed by atoms with E-state index >= 15 is 0 Å². The molecule has 4 rings (SSSR count). The first-order valence-electron chi connectivity index (χ1n) is 10.9. The van der Waals surface area contributed by atoms with Crippen molar-refractivity contribution in [1.82, 2.24) is 9.21 Å². The number of carbonyl (C=O) groups is 1. The first-order chi connectivity index (χ1) is 15.9. The van der Waals surface area contributed by atoms with Crippen LogP contribution in [0.3, 0.4) is 0 Å². The maximum atomic E-state index is 13.8. The van der Waals surface area contributed by atoms with Crippen molar-refractivity contribution in [2.24, 2.45) is 0 Å². The smallest absolute Gasteiger partial charge is 0.243 e. The van der Waals surface area contributed by atoms with Gasteiger partial charge >= 0.3 is 0 Å². The predicted octanol–water partition coefficient (Wildman–Crippen LogP) is 4.45. The molecule has 0 spiro atoms. The second-order valence-corrected chi connectivity index (χ2v) is 11.1. The molecule has 0 unspecified atom stereocenters. The Hall–Kier alpha value is -2.68. The Labute approximate surface area is 199 Å². The highest BCUT2D eigenvalue weighted by atomic mass is 32.2. The summed E-state index contributed by atoms with van der Waals surface area (Å²) in [5.74, 6) is 0.527. The molecule has 1 amide bonds. The number of methoxy groups -OCH3 is 1. The molecule has 0 aliphatic carbocycles. The van der Waals surface area contributed by atoms with Crippen LogP contribution in [0.2, 0.25) is 0 Å². The minimum atomic E-state index is -3.77. The second kappa shape index (κ2) is 10.1. The quantitative estimate of drug-likeness (QED) is 0.474. The number of para-hydroxylation sites is 1. The molecule has 3 aromatic rings. The van der Waals surface area contributed by atoms with E-state index in [1.165, 1.54) is 4.31 Å². The zero-order valence-corrected chi connectivity index (χ0v) is 20.4. The Balaban J connectivity index is 1.63. The minimum Gasteiger partial charge on any atom is -0.496 e. The molecule has 2 heterocycles. The molecule has 1 saturated heterocycles. The lowest BCUT2D eigenvalue weighted by atomic mass is 10.1. The van der Waals surface area contributed by atoms with Crippen LogP contribution < -0.4 is 4.74 Å². The van der Waals surface area contributed by atoms with E-state index < -0.39 is 16.1 Å². The lowest BCUT2D eigenvalue weighted by molar-refractivity contribution is -0.135. The molecule has 33 heavy (non-hydrogen) atoms. The van der Waals surface area contributed by atoms with Crippen LogP contribution in [-0.2, 0) is 27.9 Å². The maximum absolute atomic E-state index is 13.8. The summed E-state index contributed by atoms with van der Waals surface area (Å²) in [5, 5.41) is 1.98. The first-order valence-corrected chi connectivity index (χ1v) is 13.2. The predicted molar refractivity (Wildman–Crippen MR) is 130 cm³/mol. The van der Waals surface area contributed by atoms with Crippen molar-refractivity contribution in [2.45, 2.75) is 43.8 Å². The molecule has 0 N–H and O–H groups in total. The minimum absolute atomic E-state index is 0.178. The average Bonchev–Trinajstić information content (AvgIpc) is 3.51. The third-order valence-corrected chi connectivity index (χ3v) is 8.69. The maximum Gasteiger partial charge on any atom is 0.243 e. The molecule has 1 fully saturated rings. The van der Waals surface area contributed by atoms with Gasteiger partial charge in [0.2, 0.25) is 15.9 Å². The molecule has 1 aliphatic rings. The first kappa shape index (κ1) is 23.5. The Morgan fingerprint density at radius 2 is 1.85 bits per heavy atom. The monoisotopic (exact) mass is 484 g/mol. The molecule has 1 aromatic heterocycles. The van der Waals surface area contributed by atoms with Gasteiger partial charge in [-0.25, -0.2) is 8.42 Å². The number of carbonyl (C=O) groups excluding carboxylic acids is 1. The lowest BCUT2D eigenvalue weighted by Gasteiger charge is -2.30. The Morgan fingerprint density at radius 3 is 2.55 bits per heavy atom. The van der Waals surface area contributed by atoms with E-state index in [2.05, 4.69) is 0 Å². The highest BCUT2D eigenvalue weighted by Crippen LogP contribution is 2.29. The van der Waals surface area contributed by atoms with E-state index in [4.69, 9.17) is 4.74 Å². The fraction of sp³-hybridized carbons (Fsp3) is 0.320. The van der Waals surface area contributed by atoms with Crippen molar-refractivity contribution >= 4 is 27.3 Å². The number of ether oxygens (including phenoxy) is 1. The summed E-state index contributed by atoms with van der Waals surface area (Å²) in [6, 6.07) is 17.6. The van der Waals surface area contributed by atoms with E-state index in [9.17, 15) is 13.2 Å². The van der Waals surface area contributed by atoms with Crippen LogP contribution in [0.25, 0.3) is 0 Å². The molecule has 1 aliphatic heterocycles. The third kappa shape index (κ3) is 5.13. The number of hydrogen-bond donors (Lipinski definition) is 0. The van der Waals surface area contributed by atoms with Crippen LogP contribution in [0.15, 0.2) is 70.9 Å². The van der Waals surface area contributed by atoms with Crippen LogP contribution in [-0.4, -0.2) is 43.2 Å². The summed E-state index contributed by atoms with van der Waals surface area (Å²) in [7, 11) is -2.16. The normalized spacial score (nSPS) is 16.6. The van der Waals surface area contributed by atoms with Gasteiger partial charge in [0, 0.05) is 23.5 Å². The second-order valence-electron chi connectivity index (χ2n) is 8.17. The molecule has 2 aromatic carbocycles. The number of amides is 1. The fourth-order valence-electron chi connectivity index (χ4n) is 4.17. The van der Waals surface area contributed by atoms with Crippen molar-refractivity contribution in [1.29, 1.82) is 0 Å². The Bertz CT molecular complexity index is 1190. The van der Waals surface area contributed by atoms with Gasteiger partial charge in [0.1, 0.15) is 11.8 Å². The van der Waals surface area contributed by atoms with Gasteiger partial charge in [-0.3, -0.25) is 4.79 Å². The molecule has 6 nitrogen and oxygen atoms in total. The molecule has 0 saturated carbocycles. The molecular weight excluding hydrogens is 456 g/mol. The van der Waals surface area contributed by atoms with Gasteiger partial charge in [0.05, 0.1) is 18.6 Å². The summed E-state index contributed by atoms with van der Waals surface area (Å²) in [6.07, 6.45) is 1.17. The average molecular weight is 485 g/mol. The van der Waals surface area contributed by atoms with Crippen molar-refractivity contribution in [3.05, 3.63) is 82.0 Å². The number of sulfonamides is 1. The van der Waals surface area contributed by atoms with Crippen LogP contribution in [0.4, 0.5) is 0 Å². The van der Waals surface area contributed by atoms with E-state index in [-0.39, 0.29) is 10.8 Å². The van der Waals surface area contributed by atoms with Gasteiger partial charge in [-0.1, -0.05) is 42.0 Å². The number of benzene rings is 2. The van der Waals surface area contributed by atoms with Crippen molar-refractivity contribution in [2.75, 3.05) is 13.7 Å². The number of nitrogens with zero attached hydrogens (tertiary/aromatic N) is 2. The summed E-state index contributed by atoms with van der Waals surface area (Å²) in [5.41, 5.74) is 1.87. The van der Waals surface area contributed by atoms with Gasteiger partial charge < -0.3 is 9.64 Å². The standard InChI is InChI=1S/C25H28N2O4S2/c1-19-11-13-22(14-12-19)33(29,30)27-15-5-9-23(27)25(28)26(18-21-8-6-16-32-21)17-20-7-3-4-10-24(20)31-2/h3-4,6-8,10-14,16,23H,5,9,15,17-18H2,1-2H3/t23-/m0/s1. The third-order valence-electron chi connectivity index (χ3n) is 5.91. The van der Waals surface area contributed by atoms with Crippen LogP contribution in [0.1, 0.15) is 28.8 Å². The van der Waals surface area contributed by atoms with Crippen LogP contribution >= 0.6 is 11.3 Å². The van der Waals surface area contributed by atoms with Gasteiger partial charge in [-0.15, -0.1) is 11.3 Å². The topological polar surface area (TPSA) is 66.9 Å². The van der Waals surface area contributed by atoms with E-state index in [0.717, 1.165) is 16.0 Å². The fourth-order valence-corrected chi connectivity index (χ4v) is 6.54. The Morgan fingerprint density at radius 1 is 1.09 bits per heavy atom. The largest absolute Gasteiger partial charge is 0.496 e. The summed E-state index contributed by atoms with van der Waals surface area (Å²) < 4.78 is 33.7. The number of thiophene rings is 1. The van der Waals surface area contributed by atoms with Crippen molar-refractivity contribution in [3.8, 4) is 5.75 Å². The summed E-state index contributed by atoms with van der Waals surface area (Å²) >= 11 is 1.58. The summed E-state index contributed by atoms with van der Waals surface area (Å²) in [4.78, 5) is 16.8. The molecule has 0 radical (unpaired) electrons. The van der Waals surface area contributed by atoms with E-state index in [1.54, 1.807) is 47.6 Å². The lowest BCUT2D eigenvalue weighted by Crippen LogP contribution is -2.47. The van der Waals surface area contributed by atoms with Crippen molar-refractivity contribution < 1.29 is 17.9 Å². The number of aryl methyl sites for hydroxylation is 1. The highest BCUT2D eigenvalue weighted by molar-refractivity contribution is 7.89. The van der Waals surface area contributed by atoms with Gasteiger partial charge in [-0.2, -0.15) is 4.31 Å². The number of hydrogen-bond acceptors (Lipinski definition) is 5. The van der Waals surface area contributed by atoms with Crippen LogP contribution in [0, 0.1) is 6.92 Å². The van der Waals surface area contributed by atoms with Crippen molar-refractivity contribution in [3.63, 3.8) is 0 Å². The van der Waals surface area contributed by atoms with Crippen LogP contribution in [0.5, 0.6) is 5.75 Å². The molecular formula is C25H28N2O4S2. The molecule has 174 valence electrons. The van der Waals surface area contributed by atoms with Gasteiger partial charge in [0.25, 0.3) is 0 Å². The van der Waals surface area contributed by atoms with E-state index in [1.807, 2.05) is 48.7 Å². The zero-order chi connectivity index (χ0) is 23.4. The summed E-state index contributed by atoms with van der Waals surface area (Å²) in [6.45, 7) is 3.02. The van der Waals surface area contributed by atoms with Gasteiger partial charge in [0.15, 0.2) is 0 Å². The molecule has 0 bridgehead atoms. The molecule has 1 atom stereocenters. The SMILES string of the molecule is COc1ccccc1CN(Cc1cccs1)C(=O)[C@@H]1CCCN1S(=O)(=O)c1ccc(C)cc1.